The first kappa shape index (κ1) is 14.7. The highest BCUT2D eigenvalue weighted by molar-refractivity contribution is 9.10. The second kappa shape index (κ2) is 5.73. The van der Waals surface area contributed by atoms with Gasteiger partial charge in [-0.25, -0.2) is 0 Å². The van der Waals surface area contributed by atoms with Crippen LogP contribution in [0.5, 0.6) is 0 Å². The molecule has 0 saturated carbocycles. The summed E-state index contributed by atoms with van der Waals surface area (Å²) in [7, 11) is 1.66. The Hall–Kier alpha value is -0.720. The van der Waals surface area contributed by atoms with Crippen LogP contribution >= 0.6 is 27.3 Å². The van der Waals surface area contributed by atoms with E-state index in [1.165, 1.54) is 11.3 Å². The first-order chi connectivity index (χ1) is 8.96. The number of nitrogens with zero attached hydrogens (tertiary/aromatic N) is 1. The zero-order chi connectivity index (χ0) is 14.0. The van der Waals surface area contributed by atoms with Gasteiger partial charge in [0, 0.05) is 18.1 Å². The molecule has 1 aromatic rings. The number of thiophene rings is 1. The van der Waals surface area contributed by atoms with E-state index >= 15 is 0 Å². The van der Waals surface area contributed by atoms with E-state index in [1.807, 2.05) is 18.4 Å². The van der Waals surface area contributed by atoms with Crippen LogP contribution in [0.15, 0.2) is 15.9 Å². The predicted octanol–water partition coefficient (Wildman–Crippen LogP) is 2.15. The molecule has 1 atom stereocenters. The molecule has 104 valence electrons. The number of likely N-dealkylation sites (tertiary alicyclic amines) is 1. The summed E-state index contributed by atoms with van der Waals surface area (Å²) in [5.41, 5.74) is -0.373. The maximum Gasteiger partial charge on any atom is 0.227 e. The lowest BCUT2D eigenvalue weighted by Crippen LogP contribution is -2.40. The lowest BCUT2D eigenvalue weighted by atomic mass is 9.89. The standard InChI is InChI=1S/C13H17BrN2O2S/c1-13(12(18)15-2)4-5-16(8-13)7-10(17)11-9(14)3-6-19-11/h3,6H,4-5,7-8H2,1-2H3,(H,15,18). The first-order valence-electron chi connectivity index (χ1n) is 6.17. The minimum Gasteiger partial charge on any atom is -0.359 e. The molecule has 0 aliphatic carbocycles. The van der Waals surface area contributed by atoms with Gasteiger partial charge in [-0.3, -0.25) is 14.5 Å². The highest BCUT2D eigenvalue weighted by Gasteiger charge is 2.40. The number of carbonyl (C=O) groups excluding carboxylic acids is 2. The first-order valence-corrected chi connectivity index (χ1v) is 7.84. The van der Waals surface area contributed by atoms with E-state index in [0.717, 1.165) is 22.3 Å². The Morgan fingerprint density at radius 1 is 1.58 bits per heavy atom. The quantitative estimate of drug-likeness (QED) is 0.851. The van der Waals surface area contributed by atoms with E-state index < -0.39 is 0 Å². The van der Waals surface area contributed by atoms with Gasteiger partial charge in [-0.05, 0) is 47.3 Å². The van der Waals surface area contributed by atoms with Crippen LogP contribution in [-0.4, -0.2) is 43.3 Å². The van der Waals surface area contributed by atoms with Crippen LogP contribution in [0, 0.1) is 5.41 Å². The molecule has 1 saturated heterocycles. The Balaban J connectivity index is 1.98. The molecule has 6 heteroatoms. The molecule has 0 spiro atoms. The van der Waals surface area contributed by atoms with Gasteiger partial charge in [0.15, 0.2) is 5.78 Å². The number of rotatable bonds is 4. The Labute approximate surface area is 125 Å². The predicted molar refractivity (Wildman–Crippen MR) is 79.6 cm³/mol. The zero-order valence-electron chi connectivity index (χ0n) is 11.0. The summed E-state index contributed by atoms with van der Waals surface area (Å²) in [6, 6.07) is 1.89. The number of nitrogens with one attached hydrogen (secondary N) is 1. The minimum atomic E-state index is -0.373. The van der Waals surface area contributed by atoms with Gasteiger partial charge in [0.25, 0.3) is 0 Å². The molecule has 1 aliphatic rings. The molecule has 1 unspecified atom stereocenters. The summed E-state index contributed by atoms with van der Waals surface area (Å²) in [5, 5.41) is 4.60. The number of hydrogen-bond donors (Lipinski definition) is 1. The Morgan fingerprint density at radius 2 is 2.32 bits per heavy atom. The third-order valence-electron chi connectivity index (χ3n) is 3.57. The van der Waals surface area contributed by atoms with Gasteiger partial charge in [0.05, 0.1) is 16.8 Å². The maximum atomic E-state index is 12.2. The van der Waals surface area contributed by atoms with E-state index in [4.69, 9.17) is 0 Å². The average Bonchev–Trinajstić information content (AvgIpc) is 2.96. The van der Waals surface area contributed by atoms with Gasteiger partial charge in [0.1, 0.15) is 0 Å². The van der Waals surface area contributed by atoms with Crippen LogP contribution < -0.4 is 5.32 Å². The van der Waals surface area contributed by atoms with Crippen molar-refractivity contribution in [1.82, 2.24) is 10.2 Å². The fraction of sp³-hybridized carbons (Fsp3) is 0.538. The van der Waals surface area contributed by atoms with Crippen molar-refractivity contribution >= 4 is 39.0 Å². The summed E-state index contributed by atoms with van der Waals surface area (Å²) in [5.74, 6) is 0.169. The molecular formula is C13H17BrN2O2S. The largest absolute Gasteiger partial charge is 0.359 e. The SMILES string of the molecule is CNC(=O)C1(C)CCN(CC(=O)c2sccc2Br)C1. The molecule has 0 bridgehead atoms. The molecule has 2 rings (SSSR count). The van der Waals surface area contributed by atoms with Crippen molar-refractivity contribution in [3.05, 3.63) is 20.8 Å². The monoisotopic (exact) mass is 344 g/mol. The van der Waals surface area contributed by atoms with Crippen molar-refractivity contribution in [2.75, 3.05) is 26.7 Å². The van der Waals surface area contributed by atoms with Crippen LogP contribution in [0.4, 0.5) is 0 Å². The average molecular weight is 345 g/mol. The molecular weight excluding hydrogens is 328 g/mol. The van der Waals surface area contributed by atoms with E-state index in [0.29, 0.717) is 13.1 Å². The normalized spacial score (nSPS) is 23.5. The van der Waals surface area contributed by atoms with Crippen molar-refractivity contribution < 1.29 is 9.59 Å². The summed E-state index contributed by atoms with van der Waals surface area (Å²) >= 11 is 4.83. The van der Waals surface area contributed by atoms with Gasteiger partial charge in [-0.15, -0.1) is 11.3 Å². The van der Waals surface area contributed by atoms with Gasteiger partial charge in [0.2, 0.25) is 5.91 Å². The Morgan fingerprint density at radius 3 is 2.89 bits per heavy atom. The highest BCUT2D eigenvalue weighted by atomic mass is 79.9. The number of carbonyl (C=O) groups is 2. The number of halogens is 1. The van der Waals surface area contributed by atoms with Crippen LogP contribution in [0.3, 0.4) is 0 Å². The minimum absolute atomic E-state index is 0.0553. The third-order valence-corrected chi connectivity index (χ3v) is 5.44. The van der Waals surface area contributed by atoms with Crippen molar-refractivity contribution in [2.45, 2.75) is 13.3 Å². The Kier molecular flexibility index (Phi) is 4.43. The van der Waals surface area contributed by atoms with E-state index in [2.05, 4.69) is 26.1 Å². The Bertz CT molecular complexity index is 503. The van der Waals surface area contributed by atoms with Crippen molar-refractivity contribution in [3.8, 4) is 0 Å². The second-order valence-corrected chi connectivity index (χ2v) is 6.89. The van der Waals surface area contributed by atoms with Crippen LogP contribution in [0.25, 0.3) is 0 Å². The van der Waals surface area contributed by atoms with E-state index in [1.54, 1.807) is 7.05 Å². The highest BCUT2D eigenvalue weighted by Crippen LogP contribution is 2.31. The van der Waals surface area contributed by atoms with Crippen LogP contribution in [0.1, 0.15) is 23.0 Å². The van der Waals surface area contributed by atoms with Crippen molar-refractivity contribution in [3.63, 3.8) is 0 Å². The lowest BCUT2D eigenvalue weighted by Gasteiger charge is -2.22. The smallest absolute Gasteiger partial charge is 0.227 e. The van der Waals surface area contributed by atoms with Crippen LogP contribution in [-0.2, 0) is 4.79 Å². The molecule has 1 amide bonds. The molecule has 1 N–H and O–H groups in total. The van der Waals surface area contributed by atoms with E-state index in [-0.39, 0.29) is 17.1 Å². The number of hydrogen-bond acceptors (Lipinski definition) is 4. The van der Waals surface area contributed by atoms with Crippen molar-refractivity contribution in [2.24, 2.45) is 5.41 Å². The van der Waals surface area contributed by atoms with Crippen molar-refractivity contribution in [1.29, 1.82) is 0 Å². The number of Topliss-reactive ketones (excluding diaryl/α,β-unsaturated/α-hetero) is 1. The maximum absolute atomic E-state index is 12.2. The molecule has 1 aromatic heterocycles. The summed E-state index contributed by atoms with van der Waals surface area (Å²) in [6.07, 6.45) is 0.797. The summed E-state index contributed by atoms with van der Waals surface area (Å²) in [6.45, 7) is 3.77. The fourth-order valence-electron chi connectivity index (χ4n) is 2.45. The van der Waals surface area contributed by atoms with Crippen LogP contribution in [0.2, 0.25) is 0 Å². The molecule has 0 aromatic carbocycles. The molecule has 19 heavy (non-hydrogen) atoms. The van der Waals surface area contributed by atoms with Gasteiger partial charge >= 0.3 is 0 Å². The molecule has 4 nitrogen and oxygen atoms in total. The molecule has 1 aliphatic heterocycles. The topological polar surface area (TPSA) is 49.4 Å². The molecule has 0 radical (unpaired) electrons. The number of amides is 1. The fourth-order valence-corrected chi connectivity index (χ4v) is 3.97. The number of ketones is 1. The lowest BCUT2D eigenvalue weighted by molar-refractivity contribution is -0.129. The van der Waals surface area contributed by atoms with Gasteiger partial charge in [-0.1, -0.05) is 0 Å². The third kappa shape index (κ3) is 3.07. The second-order valence-electron chi connectivity index (χ2n) is 5.12. The molecule has 2 heterocycles. The van der Waals surface area contributed by atoms with E-state index in [9.17, 15) is 9.59 Å². The van der Waals surface area contributed by atoms with Gasteiger partial charge < -0.3 is 5.32 Å². The summed E-state index contributed by atoms with van der Waals surface area (Å²) in [4.78, 5) is 26.8. The summed E-state index contributed by atoms with van der Waals surface area (Å²) < 4.78 is 0.857. The molecule has 1 fully saturated rings. The zero-order valence-corrected chi connectivity index (χ0v) is 13.4. The van der Waals surface area contributed by atoms with Gasteiger partial charge in [-0.2, -0.15) is 0 Å².